The van der Waals surface area contributed by atoms with Crippen molar-refractivity contribution in [3.63, 3.8) is 0 Å². The van der Waals surface area contributed by atoms with Gasteiger partial charge in [0.15, 0.2) is 11.5 Å². The number of fused-ring (bicyclic) bond motifs is 1. The van der Waals surface area contributed by atoms with E-state index in [-0.39, 0.29) is 30.1 Å². The second-order valence-electron chi connectivity index (χ2n) is 6.41. The van der Waals surface area contributed by atoms with E-state index in [1.165, 1.54) is 31.0 Å². The lowest BCUT2D eigenvalue weighted by atomic mass is 9.99. The minimum Gasteiger partial charge on any atom is -0.496 e. The van der Waals surface area contributed by atoms with Crippen LogP contribution in [-0.2, 0) is 6.42 Å². The molecule has 0 bridgehead atoms. The highest BCUT2D eigenvalue weighted by Crippen LogP contribution is 2.44. The third kappa shape index (κ3) is 4.54. The van der Waals surface area contributed by atoms with Gasteiger partial charge in [0.05, 0.1) is 24.3 Å². The third-order valence-corrected chi connectivity index (χ3v) is 5.24. The van der Waals surface area contributed by atoms with E-state index in [0.29, 0.717) is 26.8 Å². The average Bonchev–Trinajstić information content (AvgIpc) is 3.00. The fraction of sp³-hybridized carbons (Fsp3) is 0.286. The molecule has 0 amide bonds. The number of nitrogens with zero attached hydrogens (tertiary/aromatic N) is 1. The molecule has 29 heavy (non-hydrogen) atoms. The quantitative estimate of drug-likeness (QED) is 0.540. The Morgan fingerprint density at radius 2 is 2.00 bits per heavy atom. The number of ether oxygens (including phenoxy) is 3. The lowest BCUT2D eigenvalue weighted by Crippen LogP contribution is -2.27. The number of thioether (sulfide) groups is 1. The average molecular weight is 421 g/mol. The van der Waals surface area contributed by atoms with Crippen molar-refractivity contribution in [2.45, 2.75) is 19.4 Å². The number of hydrogen-bond acceptors (Lipinski definition) is 6. The van der Waals surface area contributed by atoms with Crippen LogP contribution in [0, 0.1) is 5.82 Å². The first-order valence-corrected chi connectivity index (χ1v) is 9.58. The largest absolute Gasteiger partial charge is 0.496 e. The number of alkyl halides is 1. The van der Waals surface area contributed by atoms with Crippen molar-refractivity contribution in [1.29, 1.82) is 0 Å². The summed E-state index contributed by atoms with van der Waals surface area (Å²) in [6.07, 6.45) is 0.236. The first-order chi connectivity index (χ1) is 13.8. The maximum atomic E-state index is 15.4. The van der Waals surface area contributed by atoms with Crippen molar-refractivity contribution >= 4 is 16.8 Å². The van der Waals surface area contributed by atoms with Crippen LogP contribution in [0.1, 0.15) is 12.5 Å². The SMILES string of the molecule is C=C(Cc1ccc(OC)c(-c2ccc3c(c2)OC(C)(F)O3)c1F)SC(CO)=NC. The van der Waals surface area contributed by atoms with Gasteiger partial charge >= 0.3 is 6.04 Å². The summed E-state index contributed by atoms with van der Waals surface area (Å²) in [5, 5.41) is 9.73. The van der Waals surface area contributed by atoms with Crippen molar-refractivity contribution < 1.29 is 28.1 Å². The summed E-state index contributed by atoms with van der Waals surface area (Å²) in [5.41, 5.74) is 1.10. The summed E-state index contributed by atoms with van der Waals surface area (Å²) in [6.45, 7) is 4.87. The Morgan fingerprint density at radius 1 is 1.28 bits per heavy atom. The highest BCUT2D eigenvalue weighted by molar-refractivity contribution is 8.17. The molecule has 1 atom stereocenters. The second-order valence-corrected chi connectivity index (χ2v) is 7.66. The molecule has 1 heterocycles. The normalized spacial score (nSPS) is 18.1. The minimum absolute atomic E-state index is 0.186. The van der Waals surface area contributed by atoms with Crippen molar-refractivity contribution in [3.8, 4) is 28.4 Å². The van der Waals surface area contributed by atoms with Gasteiger partial charge in [0.1, 0.15) is 11.6 Å². The number of aliphatic imine (C=N–C) groups is 1. The van der Waals surface area contributed by atoms with Gasteiger partial charge in [0.2, 0.25) is 0 Å². The lowest BCUT2D eigenvalue weighted by Gasteiger charge is -2.14. The monoisotopic (exact) mass is 421 g/mol. The van der Waals surface area contributed by atoms with Gasteiger partial charge < -0.3 is 19.3 Å². The van der Waals surface area contributed by atoms with Crippen LogP contribution in [0.2, 0.25) is 0 Å². The van der Waals surface area contributed by atoms with E-state index in [1.807, 2.05) is 0 Å². The summed E-state index contributed by atoms with van der Waals surface area (Å²) < 4.78 is 44.9. The van der Waals surface area contributed by atoms with Gasteiger partial charge in [0.25, 0.3) is 0 Å². The molecule has 0 saturated heterocycles. The number of benzene rings is 2. The first kappa shape index (κ1) is 21.1. The van der Waals surface area contributed by atoms with Gasteiger partial charge in [-0.25, -0.2) is 4.39 Å². The molecule has 1 aliphatic heterocycles. The topological polar surface area (TPSA) is 60.3 Å². The minimum atomic E-state index is -2.26. The number of methoxy groups -OCH3 is 1. The molecule has 0 saturated carbocycles. The summed E-state index contributed by atoms with van der Waals surface area (Å²) >= 11 is 1.21. The number of allylic oxidation sites excluding steroid dienone is 1. The Hall–Kier alpha value is -2.58. The molecule has 1 N–H and O–H groups in total. The van der Waals surface area contributed by atoms with Gasteiger partial charge in [-0.05, 0) is 34.2 Å². The van der Waals surface area contributed by atoms with Gasteiger partial charge in [0, 0.05) is 20.4 Å². The van der Waals surface area contributed by atoms with Crippen LogP contribution in [0.25, 0.3) is 11.1 Å². The maximum absolute atomic E-state index is 15.4. The molecule has 8 heteroatoms. The zero-order chi connectivity index (χ0) is 21.2. The fourth-order valence-electron chi connectivity index (χ4n) is 2.98. The third-order valence-electron chi connectivity index (χ3n) is 4.25. The Bertz CT molecular complexity index is 975. The number of aliphatic hydroxyl groups is 1. The summed E-state index contributed by atoms with van der Waals surface area (Å²) in [4.78, 5) is 4.58. The van der Waals surface area contributed by atoms with Crippen LogP contribution in [0.3, 0.4) is 0 Å². The molecule has 2 aromatic rings. The zero-order valence-electron chi connectivity index (χ0n) is 16.3. The fourth-order valence-corrected chi connectivity index (χ4v) is 3.70. The van der Waals surface area contributed by atoms with E-state index in [2.05, 4.69) is 11.6 Å². The number of halogens is 2. The Balaban J connectivity index is 1.96. The van der Waals surface area contributed by atoms with E-state index in [9.17, 15) is 9.50 Å². The van der Waals surface area contributed by atoms with Gasteiger partial charge in [-0.1, -0.05) is 30.5 Å². The van der Waals surface area contributed by atoms with E-state index in [0.717, 1.165) is 6.92 Å². The zero-order valence-corrected chi connectivity index (χ0v) is 17.1. The molecular weight excluding hydrogens is 400 g/mol. The molecule has 154 valence electrons. The number of rotatable bonds is 6. The number of hydrogen-bond donors (Lipinski definition) is 1. The molecule has 0 aromatic heterocycles. The van der Waals surface area contributed by atoms with Crippen molar-refractivity contribution in [2.75, 3.05) is 20.8 Å². The second kappa shape index (κ2) is 8.42. The van der Waals surface area contributed by atoms with E-state index in [1.54, 1.807) is 25.2 Å². The Labute approximate surface area is 172 Å². The molecule has 1 aliphatic rings. The number of aliphatic hydroxyl groups excluding tert-OH is 1. The van der Waals surface area contributed by atoms with Crippen LogP contribution < -0.4 is 14.2 Å². The summed E-state index contributed by atoms with van der Waals surface area (Å²) in [7, 11) is 3.02. The molecule has 1 unspecified atom stereocenters. The maximum Gasteiger partial charge on any atom is 0.404 e. The molecular formula is C21H21F2NO4S. The molecule has 0 fully saturated rings. The predicted octanol–water partition coefficient (Wildman–Crippen LogP) is 4.73. The first-order valence-electron chi connectivity index (χ1n) is 8.77. The van der Waals surface area contributed by atoms with Crippen LogP contribution in [0.5, 0.6) is 17.2 Å². The highest BCUT2D eigenvalue weighted by atomic mass is 32.2. The van der Waals surface area contributed by atoms with Crippen LogP contribution >= 0.6 is 11.8 Å². The molecule has 3 rings (SSSR count). The highest BCUT2D eigenvalue weighted by Gasteiger charge is 2.37. The van der Waals surface area contributed by atoms with E-state index < -0.39 is 11.9 Å². The van der Waals surface area contributed by atoms with Crippen molar-refractivity contribution in [3.05, 3.63) is 53.2 Å². The van der Waals surface area contributed by atoms with Gasteiger partial charge in [-0.15, -0.1) is 0 Å². The summed E-state index contributed by atoms with van der Waals surface area (Å²) in [6, 6.07) is 5.69. The molecule has 0 radical (unpaired) electrons. The Kier molecular flexibility index (Phi) is 6.14. The van der Waals surface area contributed by atoms with E-state index in [4.69, 9.17) is 14.2 Å². The van der Waals surface area contributed by atoms with Crippen molar-refractivity contribution in [1.82, 2.24) is 0 Å². The van der Waals surface area contributed by atoms with Gasteiger partial charge in [-0.2, -0.15) is 4.39 Å². The molecule has 0 spiro atoms. The molecule has 2 aromatic carbocycles. The molecule has 5 nitrogen and oxygen atoms in total. The van der Waals surface area contributed by atoms with Gasteiger partial charge in [-0.3, -0.25) is 4.99 Å². The standard InChI is InChI=1S/C21H21F2NO4S/c1-12(29-18(11-25)24-3)9-14-6-8-16(26-4)19(20(14)22)13-5-7-15-17(10-13)28-21(2,23)27-15/h5-8,10,25H,1,9,11H2,2-4H3. The van der Waals surface area contributed by atoms with Crippen LogP contribution in [0.15, 0.2) is 46.8 Å². The summed E-state index contributed by atoms with van der Waals surface area (Å²) in [5.74, 6) is 0.282. The molecule has 0 aliphatic carbocycles. The van der Waals surface area contributed by atoms with Crippen molar-refractivity contribution in [2.24, 2.45) is 4.99 Å². The van der Waals surface area contributed by atoms with Crippen LogP contribution in [-0.4, -0.2) is 37.0 Å². The van der Waals surface area contributed by atoms with Crippen LogP contribution in [0.4, 0.5) is 8.78 Å². The predicted molar refractivity (Wildman–Crippen MR) is 110 cm³/mol. The van der Waals surface area contributed by atoms with E-state index >= 15 is 4.39 Å². The smallest absolute Gasteiger partial charge is 0.404 e. The Morgan fingerprint density at radius 3 is 2.66 bits per heavy atom. The lowest BCUT2D eigenvalue weighted by molar-refractivity contribution is -0.173.